The molecule has 0 saturated heterocycles. The first-order valence-corrected chi connectivity index (χ1v) is 5.90. The van der Waals surface area contributed by atoms with Crippen LogP contribution in [0.25, 0.3) is 0 Å². The van der Waals surface area contributed by atoms with Crippen molar-refractivity contribution in [2.75, 3.05) is 0 Å². The lowest BCUT2D eigenvalue weighted by atomic mass is 10.0. The van der Waals surface area contributed by atoms with Crippen molar-refractivity contribution in [2.24, 2.45) is 10.2 Å². The maximum absolute atomic E-state index is 12.8. The third kappa shape index (κ3) is 2.66. The van der Waals surface area contributed by atoms with Crippen LogP contribution in [0.15, 0.2) is 34.5 Å². The number of carbonyl (C=O) groups excluding carboxylic acids is 1. The fraction of sp³-hybridized carbons (Fsp3) is 0.462. The number of halogens is 3. The molecular formula is C13H13F3N2O2. The summed E-state index contributed by atoms with van der Waals surface area (Å²) in [5.74, 6) is -0.588. The molecule has 0 atom stereocenters. The third-order valence-corrected chi connectivity index (χ3v) is 2.62. The van der Waals surface area contributed by atoms with Crippen molar-refractivity contribution in [3.63, 3.8) is 0 Å². The minimum atomic E-state index is -4.57. The standard InChI is InChI=1S/C13H13F3N2O2/c1-11(2,3)20-10(19)8-4-6-9(7-5-8)12(17-18-12)13(14,15)16/h4-7H,1-3H3. The highest BCUT2D eigenvalue weighted by Gasteiger charge is 2.65. The Morgan fingerprint density at radius 3 is 1.95 bits per heavy atom. The highest BCUT2D eigenvalue weighted by molar-refractivity contribution is 5.89. The summed E-state index contributed by atoms with van der Waals surface area (Å²) in [4.78, 5) is 11.7. The van der Waals surface area contributed by atoms with E-state index < -0.39 is 23.4 Å². The second-order valence-corrected chi connectivity index (χ2v) is 5.45. The SMILES string of the molecule is CC(C)(C)OC(=O)c1ccc(C2(C(F)(F)F)N=N2)cc1. The first-order valence-electron chi connectivity index (χ1n) is 5.90. The van der Waals surface area contributed by atoms with Crippen LogP contribution < -0.4 is 0 Å². The van der Waals surface area contributed by atoms with Crippen molar-refractivity contribution in [3.8, 4) is 0 Å². The Labute approximate surface area is 113 Å². The highest BCUT2D eigenvalue weighted by Crippen LogP contribution is 2.52. The van der Waals surface area contributed by atoms with E-state index in [1.165, 1.54) is 24.3 Å². The van der Waals surface area contributed by atoms with Crippen LogP contribution in [-0.2, 0) is 10.4 Å². The van der Waals surface area contributed by atoms with Gasteiger partial charge in [0.1, 0.15) is 5.60 Å². The lowest BCUT2D eigenvalue weighted by molar-refractivity contribution is -0.166. The van der Waals surface area contributed by atoms with Crippen LogP contribution in [0.4, 0.5) is 13.2 Å². The lowest BCUT2D eigenvalue weighted by Crippen LogP contribution is -2.30. The largest absolute Gasteiger partial charge is 0.456 e. The molecule has 0 fully saturated rings. The van der Waals surface area contributed by atoms with Crippen LogP contribution in [0.1, 0.15) is 36.7 Å². The van der Waals surface area contributed by atoms with E-state index in [0.717, 1.165) is 0 Å². The summed E-state index contributed by atoms with van der Waals surface area (Å²) in [6.45, 7) is 5.12. The molecule has 1 aliphatic rings. The van der Waals surface area contributed by atoms with Crippen molar-refractivity contribution in [1.82, 2.24) is 0 Å². The molecule has 20 heavy (non-hydrogen) atoms. The minimum absolute atomic E-state index is 0.114. The first-order chi connectivity index (χ1) is 9.05. The second-order valence-electron chi connectivity index (χ2n) is 5.45. The van der Waals surface area contributed by atoms with Gasteiger partial charge in [-0.1, -0.05) is 12.1 Å². The van der Waals surface area contributed by atoms with Gasteiger partial charge in [0.25, 0.3) is 0 Å². The molecule has 0 spiro atoms. The summed E-state index contributed by atoms with van der Waals surface area (Å²) in [5, 5.41) is 6.19. The van der Waals surface area contributed by atoms with E-state index in [-0.39, 0.29) is 11.1 Å². The van der Waals surface area contributed by atoms with E-state index in [1.807, 2.05) is 0 Å². The molecule has 0 aliphatic carbocycles. The molecule has 1 aromatic carbocycles. The second kappa shape index (κ2) is 4.29. The van der Waals surface area contributed by atoms with E-state index in [0.29, 0.717) is 0 Å². The van der Waals surface area contributed by atoms with Crippen molar-refractivity contribution < 1.29 is 22.7 Å². The van der Waals surface area contributed by atoms with Crippen LogP contribution >= 0.6 is 0 Å². The van der Waals surface area contributed by atoms with E-state index in [4.69, 9.17) is 4.74 Å². The number of nitrogens with zero attached hydrogens (tertiary/aromatic N) is 2. The maximum atomic E-state index is 12.8. The quantitative estimate of drug-likeness (QED) is 0.776. The van der Waals surface area contributed by atoms with Crippen LogP contribution in [-0.4, -0.2) is 17.7 Å². The molecule has 0 N–H and O–H groups in total. The Morgan fingerprint density at radius 1 is 1.10 bits per heavy atom. The summed E-state index contributed by atoms with van der Waals surface area (Å²) in [6.07, 6.45) is -4.57. The molecule has 0 radical (unpaired) electrons. The average Bonchev–Trinajstić information content (AvgIpc) is 3.07. The maximum Gasteiger partial charge on any atom is 0.442 e. The van der Waals surface area contributed by atoms with Gasteiger partial charge in [0.2, 0.25) is 0 Å². The number of carbonyl (C=O) groups is 1. The van der Waals surface area contributed by atoms with Crippen LogP contribution in [0.3, 0.4) is 0 Å². The Hall–Kier alpha value is -1.92. The van der Waals surface area contributed by atoms with Gasteiger partial charge in [-0.15, -0.1) is 10.2 Å². The molecule has 108 valence electrons. The molecule has 2 rings (SSSR count). The lowest BCUT2D eigenvalue weighted by Gasteiger charge is -2.20. The van der Waals surface area contributed by atoms with Gasteiger partial charge in [-0.2, -0.15) is 13.2 Å². The number of ether oxygens (including phenoxy) is 1. The van der Waals surface area contributed by atoms with Gasteiger partial charge >= 0.3 is 17.8 Å². The summed E-state index contributed by atoms with van der Waals surface area (Å²) in [6, 6.07) is 4.93. The van der Waals surface area contributed by atoms with Crippen LogP contribution in [0.5, 0.6) is 0 Å². The van der Waals surface area contributed by atoms with Gasteiger partial charge in [0, 0.05) is 5.56 Å². The van der Waals surface area contributed by atoms with Gasteiger partial charge in [-0.25, -0.2) is 4.79 Å². The van der Waals surface area contributed by atoms with E-state index in [2.05, 4.69) is 10.2 Å². The Morgan fingerprint density at radius 2 is 1.60 bits per heavy atom. The predicted molar refractivity (Wildman–Crippen MR) is 64.2 cm³/mol. The van der Waals surface area contributed by atoms with E-state index in [1.54, 1.807) is 20.8 Å². The zero-order valence-electron chi connectivity index (χ0n) is 11.2. The molecule has 1 aromatic rings. The van der Waals surface area contributed by atoms with Crippen molar-refractivity contribution in [1.29, 1.82) is 0 Å². The van der Waals surface area contributed by atoms with Gasteiger partial charge < -0.3 is 4.74 Å². The van der Waals surface area contributed by atoms with Crippen LogP contribution in [0.2, 0.25) is 0 Å². The van der Waals surface area contributed by atoms with Gasteiger partial charge in [-0.3, -0.25) is 0 Å². The van der Waals surface area contributed by atoms with E-state index >= 15 is 0 Å². The monoisotopic (exact) mass is 286 g/mol. The van der Waals surface area contributed by atoms with Crippen molar-refractivity contribution in [2.45, 2.75) is 38.2 Å². The number of benzene rings is 1. The zero-order chi connectivity index (χ0) is 15.2. The Bertz CT molecular complexity index is 550. The number of rotatable bonds is 2. The Kier molecular flexibility index (Phi) is 3.11. The minimum Gasteiger partial charge on any atom is -0.456 e. The molecule has 4 nitrogen and oxygen atoms in total. The predicted octanol–water partition coefficient (Wildman–Crippen LogP) is 3.82. The summed E-state index contributed by atoms with van der Waals surface area (Å²) < 4.78 is 43.5. The normalized spacial score (nSPS) is 16.9. The fourth-order valence-electron chi connectivity index (χ4n) is 1.62. The fourth-order valence-corrected chi connectivity index (χ4v) is 1.62. The molecule has 0 aromatic heterocycles. The van der Waals surface area contributed by atoms with Crippen LogP contribution in [0, 0.1) is 0 Å². The van der Waals surface area contributed by atoms with Crippen molar-refractivity contribution >= 4 is 5.97 Å². The number of hydrogen-bond donors (Lipinski definition) is 0. The third-order valence-electron chi connectivity index (χ3n) is 2.62. The molecule has 1 aliphatic heterocycles. The highest BCUT2D eigenvalue weighted by atomic mass is 19.4. The molecule has 0 amide bonds. The molecule has 0 bridgehead atoms. The zero-order valence-corrected chi connectivity index (χ0v) is 11.2. The van der Waals surface area contributed by atoms with Gasteiger partial charge in [-0.05, 0) is 32.9 Å². The molecule has 7 heteroatoms. The first kappa shape index (κ1) is 14.5. The number of alkyl halides is 3. The summed E-state index contributed by atoms with van der Waals surface area (Å²) >= 11 is 0. The Balaban J connectivity index is 2.18. The molecule has 1 heterocycles. The van der Waals surface area contributed by atoms with Gasteiger partial charge in [0.15, 0.2) is 0 Å². The molecule has 0 unspecified atom stereocenters. The number of hydrogen-bond acceptors (Lipinski definition) is 4. The summed E-state index contributed by atoms with van der Waals surface area (Å²) in [5.41, 5.74) is -3.05. The van der Waals surface area contributed by atoms with Gasteiger partial charge in [0.05, 0.1) is 5.56 Å². The topological polar surface area (TPSA) is 51.0 Å². The average molecular weight is 286 g/mol. The van der Waals surface area contributed by atoms with E-state index in [9.17, 15) is 18.0 Å². The molecule has 0 saturated carbocycles. The van der Waals surface area contributed by atoms with Crippen molar-refractivity contribution in [3.05, 3.63) is 35.4 Å². The molecular weight excluding hydrogens is 273 g/mol. The number of esters is 1. The smallest absolute Gasteiger partial charge is 0.442 e. The summed E-state index contributed by atoms with van der Waals surface area (Å²) in [7, 11) is 0.